The summed E-state index contributed by atoms with van der Waals surface area (Å²) in [6.07, 6.45) is 1.71. The SMILES string of the molecule is OC1CC(NCc2ccc3ccccc3c2)C1. The smallest absolute Gasteiger partial charge is 0.0570 e. The Morgan fingerprint density at radius 2 is 1.82 bits per heavy atom. The first-order valence-electron chi connectivity index (χ1n) is 6.20. The highest BCUT2D eigenvalue weighted by molar-refractivity contribution is 5.82. The van der Waals surface area contributed by atoms with Gasteiger partial charge < -0.3 is 10.4 Å². The Morgan fingerprint density at radius 3 is 2.59 bits per heavy atom. The summed E-state index contributed by atoms with van der Waals surface area (Å²) >= 11 is 0. The van der Waals surface area contributed by atoms with E-state index in [1.165, 1.54) is 16.3 Å². The number of rotatable bonds is 3. The third kappa shape index (κ3) is 2.33. The van der Waals surface area contributed by atoms with Crippen molar-refractivity contribution in [3.05, 3.63) is 48.0 Å². The first kappa shape index (κ1) is 10.8. The number of aliphatic hydroxyl groups excluding tert-OH is 1. The minimum atomic E-state index is -0.0795. The lowest BCUT2D eigenvalue weighted by molar-refractivity contribution is 0.0619. The summed E-state index contributed by atoms with van der Waals surface area (Å²) in [5, 5.41) is 15.3. The van der Waals surface area contributed by atoms with Gasteiger partial charge in [0.2, 0.25) is 0 Å². The summed E-state index contributed by atoms with van der Waals surface area (Å²) in [6, 6.07) is 15.5. The summed E-state index contributed by atoms with van der Waals surface area (Å²) in [4.78, 5) is 0. The highest BCUT2D eigenvalue weighted by Crippen LogP contribution is 2.20. The molecule has 17 heavy (non-hydrogen) atoms. The van der Waals surface area contributed by atoms with Crippen LogP contribution in [0.1, 0.15) is 18.4 Å². The van der Waals surface area contributed by atoms with E-state index in [2.05, 4.69) is 47.8 Å². The van der Waals surface area contributed by atoms with Crippen molar-refractivity contribution in [1.82, 2.24) is 5.32 Å². The van der Waals surface area contributed by atoms with Crippen LogP contribution in [0.15, 0.2) is 42.5 Å². The van der Waals surface area contributed by atoms with Gasteiger partial charge in [0.15, 0.2) is 0 Å². The van der Waals surface area contributed by atoms with E-state index in [1.54, 1.807) is 0 Å². The molecule has 0 aliphatic heterocycles. The minimum Gasteiger partial charge on any atom is -0.393 e. The lowest BCUT2D eigenvalue weighted by Crippen LogP contribution is -2.43. The highest BCUT2D eigenvalue weighted by atomic mass is 16.3. The molecule has 0 amide bonds. The molecule has 1 fully saturated rings. The zero-order valence-corrected chi connectivity index (χ0v) is 9.76. The molecule has 1 aliphatic rings. The molecule has 0 atom stereocenters. The molecule has 2 heteroatoms. The predicted octanol–water partition coefficient (Wildman–Crippen LogP) is 2.45. The second-order valence-corrected chi connectivity index (χ2v) is 4.88. The standard InChI is InChI=1S/C15H17NO/c17-15-8-14(9-15)16-10-11-5-6-12-3-1-2-4-13(12)7-11/h1-7,14-17H,8-10H2. The van der Waals surface area contributed by atoms with Crippen molar-refractivity contribution in [3.63, 3.8) is 0 Å². The molecule has 0 aromatic heterocycles. The quantitative estimate of drug-likeness (QED) is 0.844. The molecule has 1 aliphatic carbocycles. The zero-order valence-electron chi connectivity index (χ0n) is 9.76. The first-order chi connectivity index (χ1) is 8.31. The molecule has 2 N–H and O–H groups in total. The molecule has 2 aromatic rings. The van der Waals surface area contributed by atoms with E-state index in [4.69, 9.17) is 0 Å². The monoisotopic (exact) mass is 227 g/mol. The summed E-state index contributed by atoms with van der Waals surface area (Å²) in [6.45, 7) is 0.891. The molecule has 2 nitrogen and oxygen atoms in total. The van der Waals surface area contributed by atoms with Gasteiger partial charge in [-0.3, -0.25) is 0 Å². The molecular formula is C15H17NO. The molecular weight excluding hydrogens is 210 g/mol. The van der Waals surface area contributed by atoms with Crippen LogP contribution < -0.4 is 5.32 Å². The van der Waals surface area contributed by atoms with E-state index in [1.807, 2.05) is 0 Å². The molecule has 88 valence electrons. The third-order valence-corrected chi connectivity index (χ3v) is 3.52. The summed E-state index contributed by atoms with van der Waals surface area (Å²) < 4.78 is 0. The maximum atomic E-state index is 9.22. The Balaban J connectivity index is 1.68. The van der Waals surface area contributed by atoms with Crippen molar-refractivity contribution in [2.45, 2.75) is 31.5 Å². The second kappa shape index (κ2) is 4.47. The lowest BCUT2D eigenvalue weighted by atomic mass is 9.89. The fraction of sp³-hybridized carbons (Fsp3) is 0.333. The second-order valence-electron chi connectivity index (χ2n) is 4.88. The predicted molar refractivity (Wildman–Crippen MR) is 69.8 cm³/mol. The van der Waals surface area contributed by atoms with Crippen molar-refractivity contribution in [1.29, 1.82) is 0 Å². The topological polar surface area (TPSA) is 32.3 Å². The maximum absolute atomic E-state index is 9.22. The van der Waals surface area contributed by atoms with Crippen molar-refractivity contribution in [3.8, 4) is 0 Å². The van der Waals surface area contributed by atoms with Gasteiger partial charge in [-0.1, -0.05) is 36.4 Å². The summed E-state index contributed by atoms with van der Waals surface area (Å²) in [7, 11) is 0. The van der Waals surface area contributed by atoms with Crippen LogP contribution in [0.4, 0.5) is 0 Å². The van der Waals surface area contributed by atoms with Gasteiger partial charge in [0, 0.05) is 12.6 Å². The summed E-state index contributed by atoms with van der Waals surface area (Å²) in [5.74, 6) is 0. The van der Waals surface area contributed by atoms with Crippen LogP contribution in [0.25, 0.3) is 10.8 Å². The number of benzene rings is 2. The minimum absolute atomic E-state index is 0.0795. The zero-order chi connectivity index (χ0) is 11.7. The Kier molecular flexibility index (Phi) is 2.83. The molecule has 0 unspecified atom stereocenters. The largest absolute Gasteiger partial charge is 0.393 e. The molecule has 3 rings (SSSR count). The number of fused-ring (bicyclic) bond motifs is 1. The molecule has 0 radical (unpaired) electrons. The normalized spacial score (nSPS) is 23.6. The molecule has 0 spiro atoms. The Bertz CT molecular complexity index is 517. The van der Waals surface area contributed by atoms with Gasteiger partial charge in [-0.2, -0.15) is 0 Å². The fourth-order valence-electron chi connectivity index (χ4n) is 2.37. The Hall–Kier alpha value is -1.38. The number of nitrogens with one attached hydrogen (secondary N) is 1. The molecule has 2 aromatic carbocycles. The highest BCUT2D eigenvalue weighted by Gasteiger charge is 2.26. The number of aliphatic hydroxyl groups is 1. The van der Waals surface area contributed by atoms with E-state index >= 15 is 0 Å². The van der Waals surface area contributed by atoms with Crippen molar-refractivity contribution < 1.29 is 5.11 Å². The van der Waals surface area contributed by atoms with Crippen molar-refractivity contribution in [2.24, 2.45) is 0 Å². The van der Waals surface area contributed by atoms with Crippen LogP contribution in [0.3, 0.4) is 0 Å². The van der Waals surface area contributed by atoms with Gasteiger partial charge in [0.05, 0.1) is 6.10 Å². The number of hydrogen-bond acceptors (Lipinski definition) is 2. The average Bonchev–Trinajstić information content (AvgIpc) is 2.33. The molecule has 0 bridgehead atoms. The molecule has 0 heterocycles. The van der Waals surface area contributed by atoms with Crippen LogP contribution in [0, 0.1) is 0 Å². The Labute approximate surface area is 101 Å². The van der Waals surface area contributed by atoms with E-state index < -0.39 is 0 Å². The van der Waals surface area contributed by atoms with E-state index in [0.29, 0.717) is 6.04 Å². The van der Waals surface area contributed by atoms with Crippen LogP contribution >= 0.6 is 0 Å². The molecule has 1 saturated carbocycles. The van der Waals surface area contributed by atoms with E-state index in [-0.39, 0.29) is 6.10 Å². The average molecular weight is 227 g/mol. The van der Waals surface area contributed by atoms with Gasteiger partial charge >= 0.3 is 0 Å². The van der Waals surface area contributed by atoms with Crippen LogP contribution in [0.2, 0.25) is 0 Å². The Morgan fingerprint density at radius 1 is 1.06 bits per heavy atom. The van der Waals surface area contributed by atoms with Crippen LogP contribution in [-0.2, 0) is 6.54 Å². The van der Waals surface area contributed by atoms with Gasteiger partial charge in [0.25, 0.3) is 0 Å². The van der Waals surface area contributed by atoms with Crippen molar-refractivity contribution in [2.75, 3.05) is 0 Å². The van der Waals surface area contributed by atoms with Crippen molar-refractivity contribution >= 4 is 10.8 Å². The van der Waals surface area contributed by atoms with E-state index in [9.17, 15) is 5.11 Å². The molecule has 0 saturated heterocycles. The fourth-order valence-corrected chi connectivity index (χ4v) is 2.37. The lowest BCUT2D eigenvalue weighted by Gasteiger charge is -2.32. The van der Waals surface area contributed by atoms with Gasteiger partial charge in [-0.15, -0.1) is 0 Å². The van der Waals surface area contributed by atoms with E-state index in [0.717, 1.165) is 19.4 Å². The van der Waals surface area contributed by atoms with Gasteiger partial charge in [0.1, 0.15) is 0 Å². The van der Waals surface area contributed by atoms with Gasteiger partial charge in [-0.05, 0) is 35.2 Å². The maximum Gasteiger partial charge on any atom is 0.0570 e. The summed E-state index contributed by atoms with van der Waals surface area (Å²) in [5.41, 5.74) is 1.31. The number of hydrogen-bond donors (Lipinski definition) is 2. The van der Waals surface area contributed by atoms with Gasteiger partial charge in [-0.25, -0.2) is 0 Å². The van der Waals surface area contributed by atoms with Crippen LogP contribution in [0.5, 0.6) is 0 Å². The third-order valence-electron chi connectivity index (χ3n) is 3.52. The van der Waals surface area contributed by atoms with Crippen LogP contribution in [-0.4, -0.2) is 17.3 Å². The first-order valence-corrected chi connectivity index (χ1v) is 6.20.